The molecule has 2 aromatic rings. The standard InChI is InChI=1S/C22H23ClN2O4/c1-14(26)24-18-6-5-16(13-17(18)23)25-21(27)22(8-2-3-9-22)15-4-7-19-20(12-15)29-11-10-28-19/h4-7,12-13H,2-3,8-11H2,1H3,(H,24,26)(H,25,27). The number of hydrogen-bond acceptors (Lipinski definition) is 4. The second-order valence-corrected chi connectivity index (χ2v) is 7.88. The lowest BCUT2D eigenvalue weighted by Crippen LogP contribution is -2.38. The summed E-state index contributed by atoms with van der Waals surface area (Å²) in [6, 6.07) is 10.9. The molecule has 29 heavy (non-hydrogen) atoms. The summed E-state index contributed by atoms with van der Waals surface area (Å²) < 4.78 is 11.3. The summed E-state index contributed by atoms with van der Waals surface area (Å²) in [7, 11) is 0. The van der Waals surface area contributed by atoms with Gasteiger partial charge in [0.2, 0.25) is 11.8 Å². The number of amides is 2. The molecule has 0 radical (unpaired) electrons. The number of anilines is 2. The summed E-state index contributed by atoms with van der Waals surface area (Å²) >= 11 is 6.25. The number of rotatable bonds is 4. The number of ether oxygens (including phenoxy) is 2. The van der Waals surface area contributed by atoms with Crippen LogP contribution in [0.1, 0.15) is 38.2 Å². The Morgan fingerprint density at radius 1 is 0.966 bits per heavy atom. The highest BCUT2D eigenvalue weighted by Crippen LogP contribution is 2.45. The number of hydrogen-bond donors (Lipinski definition) is 2. The zero-order valence-corrected chi connectivity index (χ0v) is 17.0. The van der Waals surface area contributed by atoms with Crippen molar-refractivity contribution >= 4 is 34.8 Å². The van der Waals surface area contributed by atoms with E-state index in [0.29, 0.717) is 41.1 Å². The zero-order chi connectivity index (χ0) is 20.4. The van der Waals surface area contributed by atoms with Crippen molar-refractivity contribution in [3.8, 4) is 11.5 Å². The highest BCUT2D eigenvalue weighted by atomic mass is 35.5. The van der Waals surface area contributed by atoms with Crippen LogP contribution in [0.5, 0.6) is 11.5 Å². The molecule has 2 N–H and O–H groups in total. The molecule has 1 fully saturated rings. The molecule has 152 valence electrons. The van der Waals surface area contributed by atoms with E-state index in [9.17, 15) is 9.59 Å². The van der Waals surface area contributed by atoms with Crippen LogP contribution in [0.2, 0.25) is 5.02 Å². The van der Waals surface area contributed by atoms with Crippen LogP contribution in [-0.4, -0.2) is 25.0 Å². The summed E-state index contributed by atoms with van der Waals surface area (Å²) in [6.07, 6.45) is 3.53. The second-order valence-electron chi connectivity index (χ2n) is 7.48. The van der Waals surface area contributed by atoms with E-state index in [1.54, 1.807) is 18.2 Å². The average Bonchev–Trinajstić information content (AvgIpc) is 3.21. The molecule has 0 bridgehead atoms. The molecule has 1 aliphatic carbocycles. The Bertz CT molecular complexity index is 954. The van der Waals surface area contributed by atoms with Crippen molar-refractivity contribution in [2.75, 3.05) is 23.8 Å². The Morgan fingerprint density at radius 2 is 1.69 bits per heavy atom. The van der Waals surface area contributed by atoms with E-state index in [2.05, 4.69) is 10.6 Å². The van der Waals surface area contributed by atoms with E-state index in [1.807, 2.05) is 18.2 Å². The summed E-state index contributed by atoms with van der Waals surface area (Å²) in [5.41, 5.74) is 1.44. The topological polar surface area (TPSA) is 76.7 Å². The third-order valence-electron chi connectivity index (χ3n) is 5.52. The molecule has 2 amide bonds. The van der Waals surface area contributed by atoms with Gasteiger partial charge in [-0.15, -0.1) is 0 Å². The Morgan fingerprint density at radius 3 is 2.38 bits per heavy atom. The molecule has 0 unspecified atom stereocenters. The van der Waals surface area contributed by atoms with Crippen molar-refractivity contribution in [2.24, 2.45) is 0 Å². The fourth-order valence-electron chi connectivity index (χ4n) is 4.10. The van der Waals surface area contributed by atoms with Gasteiger partial charge in [0.1, 0.15) is 13.2 Å². The Kier molecular flexibility index (Phi) is 5.37. The third-order valence-corrected chi connectivity index (χ3v) is 5.84. The number of benzene rings is 2. The molecule has 6 nitrogen and oxygen atoms in total. The predicted octanol–water partition coefficient (Wildman–Crippen LogP) is 4.52. The van der Waals surface area contributed by atoms with Gasteiger partial charge in [0.25, 0.3) is 0 Å². The van der Waals surface area contributed by atoms with Gasteiger partial charge in [-0.25, -0.2) is 0 Å². The van der Waals surface area contributed by atoms with Crippen molar-refractivity contribution in [1.82, 2.24) is 0 Å². The normalized spacial score (nSPS) is 16.9. The molecule has 1 saturated carbocycles. The summed E-state index contributed by atoms with van der Waals surface area (Å²) in [4.78, 5) is 24.6. The van der Waals surface area contributed by atoms with E-state index < -0.39 is 5.41 Å². The van der Waals surface area contributed by atoms with Gasteiger partial charge in [0, 0.05) is 12.6 Å². The Labute approximate surface area is 174 Å². The quantitative estimate of drug-likeness (QED) is 0.771. The summed E-state index contributed by atoms with van der Waals surface area (Å²) in [5, 5.41) is 6.05. The van der Waals surface area contributed by atoms with Crippen LogP contribution in [0, 0.1) is 0 Å². The minimum Gasteiger partial charge on any atom is -0.486 e. The van der Waals surface area contributed by atoms with Crippen LogP contribution >= 0.6 is 11.6 Å². The SMILES string of the molecule is CC(=O)Nc1ccc(NC(=O)C2(c3ccc4c(c3)OCCO4)CCCC2)cc1Cl. The lowest BCUT2D eigenvalue weighted by molar-refractivity contribution is -0.121. The largest absolute Gasteiger partial charge is 0.486 e. The van der Waals surface area contributed by atoms with Crippen LogP contribution in [0.3, 0.4) is 0 Å². The van der Waals surface area contributed by atoms with Gasteiger partial charge in [-0.1, -0.05) is 30.5 Å². The molecule has 2 aliphatic rings. The molecule has 1 heterocycles. The van der Waals surface area contributed by atoms with E-state index >= 15 is 0 Å². The number of fused-ring (bicyclic) bond motifs is 1. The van der Waals surface area contributed by atoms with Gasteiger partial charge in [-0.05, 0) is 48.7 Å². The van der Waals surface area contributed by atoms with Crippen LogP contribution in [-0.2, 0) is 15.0 Å². The van der Waals surface area contributed by atoms with Crippen LogP contribution in [0.4, 0.5) is 11.4 Å². The van der Waals surface area contributed by atoms with Gasteiger partial charge >= 0.3 is 0 Å². The minimum atomic E-state index is -0.612. The van der Waals surface area contributed by atoms with Crippen molar-refractivity contribution in [2.45, 2.75) is 38.0 Å². The van der Waals surface area contributed by atoms with Crippen molar-refractivity contribution in [3.63, 3.8) is 0 Å². The van der Waals surface area contributed by atoms with Gasteiger partial charge in [-0.2, -0.15) is 0 Å². The Hall–Kier alpha value is -2.73. The lowest BCUT2D eigenvalue weighted by Gasteiger charge is -2.30. The third kappa shape index (κ3) is 3.90. The molecule has 1 aliphatic heterocycles. The molecule has 0 saturated heterocycles. The lowest BCUT2D eigenvalue weighted by atomic mass is 9.77. The molecule has 2 aromatic carbocycles. The van der Waals surface area contributed by atoms with E-state index in [4.69, 9.17) is 21.1 Å². The number of halogens is 1. The van der Waals surface area contributed by atoms with E-state index in [0.717, 1.165) is 31.2 Å². The number of carbonyl (C=O) groups excluding carboxylic acids is 2. The van der Waals surface area contributed by atoms with E-state index in [1.165, 1.54) is 6.92 Å². The summed E-state index contributed by atoms with van der Waals surface area (Å²) in [6.45, 7) is 2.46. The first kappa shape index (κ1) is 19.6. The second kappa shape index (κ2) is 7.95. The fourth-order valence-corrected chi connectivity index (χ4v) is 4.33. The van der Waals surface area contributed by atoms with Crippen molar-refractivity contribution in [1.29, 1.82) is 0 Å². The predicted molar refractivity (Wildman–Crippen MR) is 112 cm³/mol. The van der Waals surface area contributed by atoms with Crippen LogP contribution < -0.4 is 20.1 Å². The van der Waals surface area contributed by atoms with Gasteiger partial charge < -0.3 is 20.1 Å². The molecule has 0 atom stereocenters. The van der Waals surface area contributed by atoms with E-state index in [-0.39, 0.29) is 11.8 Å². The number of nitrogens with one attached hydrogen (secondary N) is 2. The zero-order valence-electron chi connectivity index (χ0n) is 16.2. The molecule has 4 rings (SSSR count). The van der Waals surface area contributed by atoms with Crippen molar-refractivity contribution < 1.29 is 19.1 Å². The van der Waals surface area contributed by atoms with Gasteiger partial charge in [0.05, 0.1) is 16.1 Å². The maximum atomic E-state index is 13.4. The molecule has 0 aromatic heterocycles. The van der Waals surface area contributed by atoms with Gasteiger partial charge in [-0.3, -0.25) is 9.59 Å². The van der Waals surface area contributed by atoms with Crippen LogP contribution in [0.15, 0.2) is 36.4 Å². The van der Waals surface area contributed by atoms with Gasteiger partial charge in [0.15, 0.2) is 11.5 Å². The monoisotopic (exact) mass is 414 g/mol. The molecular weight excluding hydrogens is 392 g/mol. The summed E-state index contributed by atoms with van der Waals surface area (Å²) in [5.74, 6) is 1.15. The Balaban J connectivity index is 1.60. The fraction of sp³-hybridized carbons (Fsp3) is 0.364. The van der Waals surface area contributed by atoms with Crippen molar-refractivity contribution in [3.05, 3.63) is 47.0 Å². The maximum absolute atomic E-state index is 13.4. The van der Waals surface area contributed by atoms with Crippen LogP contribution in [0.25, 0.3) is 0 Å². The first-order valence-electron chi connectivity index (χ1n) is 9.77. The average molecular weight is 415 g/mol. The molecule has 0 spiro atoms. The smallest absolute Gasteiger partial charge is 0.235 e. The minimum absolute atomic E-state index is 0.0602. The highest BCUT2D eigenvalue weighted by Gasteiger charge is 2.43. The highest BCUT2D eigenvalue weighted by molar-refractivity contribution is 6.34. The number of carbonyl (C=O) groups is 2. The first-order chi connectivity index (χ1) is 14.0. The maximum Gasteiger partial charge on any atom is 0.235 e. The molecular formula is C22H23ClN2O4. The molecule has 7 heteroatoms. The first-order valence-corrected chi connectivity index (χ1v) is 10.1.